The molecule has 3 nitrogen and oxygen atoms in total. The average molecular weight is 541 g/mol. The first-order valence-corrected chi connectivity index (χ1v) is 14.2. The second kappa shape index (κ2) is 10.7. The minimum absolute atomic E-state index is 0.274. The maximum absolute atomic E-state index is 6.38. The van der Waals surface area contributed by atoms with E-state index in [1.54, 1.807) is 0 Å². The van der Waals surface area contributed by atoms with E-state index in [1.165, 1.54) is 16.8 Å². The number of benzene rings is 5. The maximum atomic E-state index is 6.38. The van der Waals surface area contributed by atoms with Crippen molar-refractivity contribution in [3.63, 3.8) is 0 Å². The summed E-state index contributed by atoms with van der Waals surface area (Å²) in [5.74, 6) is 1.78. The number of nitrogens with one attached hydrogen (secondary N) is 1. The highest BCUT2D eigenvalue weighted by atomic mass is 35.5. The van der Waals surface area contributed by atoms with Crippen molar-refractivity contribution in [2.24, 2.45) is 10.9 Å². The number of anilines is 1. The Kier molecular flexibility index (Phi) is 6.59. The van der Waals surface area contributed by atoms with E-state index < -0.39 is 0 Å². The molecule has 0 fully saturated rings. The Morgan fingerprint density at radius 3 is 2.55 bits per heavy atom. The van der Waals surface area contributed by atoms with Crippen molar-refractivity contribution >= 4 is 40.0 Å². The summed E-state index contributed by atoms with van der Waals surface area (Å²) < 4.78 is 6.28. The number of rotatable bonds is 6. The van der Waals surface area contributed by atoms with E-state index in [4.69, 9.17) is 21.3 Å². The maximum Gasteiger partial charge on any atom is 0.129 e. The van der Waals surface area contributed by atoms with Crippen molar-refractivity contribution in [2.75, 3.05) is 5.32 Å². The molecule has 1 aliphatic carbocycles. The number of allylic oxidation sites excluding steroid dienone is 2. The van der Waals surface area contributed by atoms with Gasteiger partial charge in [-0.05, 0) is 64.6 Å². The van der Waals surface area contributed by atoms with Gasteiger partial charge in [0.15, 0.2) is 0 Å². The minimum Gasteiger partial charge on any atom is -0.488 e. The van der Waals surface area contributed by atoms with Crippen LogP contribution in [0.3, 0.4) is 0 Å². The zero-order chi connectivity index (χ0) is 26.9. The number of halogens is 1. The molecule has 0 spiro atoms. The molecule has 5 aromatic rings. The van der Waals surface area contributed by atoms with E-state index >= 15 is 0 Å². The van der Waals surface area contributed by atoms with Crippen LogP contribution in [0.15, 0.2) is 126 Å². The second-order valence-corrected chi connectivity index (χ2v) is 10.9. The van der Waals surface area contributed by atoms with Crippen LogP contribution in [0.5, 0.6) is 5.75 Å². The summed E-state index contributed by atoms with van der Waals surface area (Å²) in [4.78, 5) is 4.88. The predicted octanol–water partition coefficient (Wildman–Crippen LogP) is 9.65. The highest BCUT2D eigenvalue weighted by Crippen LogP contribution is 2.49. The van der Waals surface area contributed by atoms with Crippen molar-refractivity contribution < 1.29 is 4.74 Å². The second-order valence-electron chi connectivity index (χ2n) is 10.5. The molecule has 5 aromatic carbocycles. The molecular formula is C36H29ClN2O. The number of hydrogen-bond acceptors (Lipinski definition) is 3. The van der Waals surface area contributed by atoms with Crippen molar-refractivity contribution in [2.45, 2.75) is 25.0 Å². The first-order valence-electron chi connectivity index (χ1n) is 13.8. The highest BCUT2D eigenvalue weighted by molar-refractivity contribution is 6.31. The summed E-state index contributed by atoms with van der Waals surface area (Å²) in [6, 6.07) is 37.8. The van der Waals surface area contributed by atoms with Crippen LogP contribution in [0.4, 0.5) is 11.4 Å². The van der Waals surface area contributed by atoms with Crippen LogP contribution in [-0.2, 0) is 6.61 Å². The van der Waals surface area contributed by atoms with Gasteiger partial charge in [-0.3, -0.25) is 4.99 Å². The molecule has 4 heteroatoms. The van der Waals surface area contributed by atoms with Crippen LogP contribution in [0.1, 0.15) is 40.6 Å². The molecule has 0 bridgehead atoms. The third-order valence-electron chi connectivity index (χ3n) is 8.14. The van der Waals surface area contributed by atoms with Crippen LogP contribution in [0.2, 0.25) is 5.02 Å². The van der Waals surface area contributed by atoms with Crippen molar-refractivity contribution in [1.29, 1.82) is 0 Å². The number of hydrogen-bond donors (Lipinski definition) is 1. The smallest absolute Gasteiger partial charge is 0.129 e. The van der Waals surface area contributed by atoms with Crippen LogP contribution in [0.25, 0.3) is 10.8 Å². The SMILES string of the molecule is Clc1ccccc1COc1ccc2ccccc2c1C=Nc1ccc([C@@H]2Nc3ccccc3[C@@H]3C=CC[C@@H]32)cc1. The standard InChI is InChI=1S/C36H29ClN2O/c37-33-14-5-2-9-26(33)23-40-35-21-18-24-8-1-3-10-28(24)32(35)22-38-27-19-16-25(17-20-27)36-31-13-7-12-29(31)30-11-4-6-15-34(30)39-36/h1-12,14-22,29,31,36,39H,13,23H2/t29-,31-,36-/m0/s1. The molecule has 1 aliphatic heterocycles. The van der Waals surface area contributed by atoms with E-state index in [-0.39, 0.29) is 6.04 Å². The zero-order valence-corrected chi connectivity index (χ0v) is 22.8. The summed E-state index contributed by atoms with van der Waals surface area (Å²) in [7, 11) is 0. The topological polar surface area (TPSA) is 33.6 Å². The first-order chi connectivity index (χ1) is 19.7. The number of para-hydroxylation sites is 1. The van der Waals surface area contributed by atoms with Crippen LogP contribution >= 0.6 is 11.6 Å². The molecule has 0 saturated heterocycles. The third-order valence-corrected chi connectivity index (χ3v) is 8.51. The lowest BCUT2D eigenvalue weighted by Crippen LogP contribution is -2.28. The van der Waals surface area contributed by atoms with Gasteiger partial charge < -0.3 is 10.1 Å². The predicted molar refractivity (Wildman–Crippen MR) is 166 cm³/mol. The highest BCUT2D eigenvalue weighted by Gasteiger charge is 2.37. The van der Waals surface area contributed by atoms with Gasteiger partial charge in [0.05, 0.1) is 11.7 Å². The van der Waals surface area contributed by atoms with E-state index in [9.17, 15) is 0 Å². The van der Waals surface area contributed by atoms with Gasteiger partial charge >= 0.3 is 0 Å². The zero-order valence-electron chi connectivity index (χ0n) is 22.0. The van der Waals surface area contributed by atoms with Crippen LogP contribution < -0.4 is 10.1 Å². The van der Waals surface area contributed by atoms with Crippen molar-refractivity contribution in [1.82, 2.24) is 0 Å². The summed E-state index contributed by atoms with van der Waals surface area (Å²) >= 11 is 6.38. The molecule has 40 heavy (non-hydrogen) atoms. The van der Waals surface area contributed by atoms with Gasteiger partial charge in [-0.25, -0.2) is 0 Å². The number of ether oxygens (including phenoxy) is 1. The number of fused-ring (bicyclic) bond motifs is 4. The summed E-state index contributed by atoms with van der Waals surface area (Å²) in [6.07, 6.45) is 7.73. The van der Waals surface area contributed by atoms with E-state index in [2.05, 4.69) is 84.2 Å². The summed E-state index contributed by atoms with van der Waals surface area (Å²) in [5, 5.41) is 6.77. The van der Waals surface area contributed by atoms with Gasteiger partial charge in [-0.15, -0.1) is 0 Å². The molecule has 3 atom stereocenters. The lowest BCUT2D eigenvalue weighted by Gasteiger charge is -2.37. The fraction of sp³-hybridized carbons (Fsp3) is 0.139. The molecule has 196 valence electrons. The molecule has 0 radical (unpaired) electrons. The molecule has 0 saturated carbocycles. The van der Waals surface area contributed by atoms with E-state index in [0.29, 0.717) is 23.5 Å². The molecule has 1 heterocycles. The quantitative estimate of drug-likeness (QED) is 0.172. The van der Waals surface area contributed by atoms with Gasteiger partial charge in [0.1, 0.15) is 12.4 Å². The Morgan fingerprint density at radius 2 is 1.65 bits per heavy atom. The number of nitrogens with zero attached hydrogens (tertiary/aromatic N) is 1. The average Bonchev–Trinajstić information content (AvgIpc) is 3.50. The van der Waals surface area contributed by atoms with Gasteiger partial charge in [0, 0.05) is 34.0 Å². The monoisotopic (exact) mass is 540 g/mol. The Bertz CT molecular complexity index is 1740. The largest absolute Gasteiger partial charge is 0.488 e. The fourth-order valence-corrected chi connectivity index (χ4v) is 6.28. The lowest BCUT2D eigenvalue weighted by molar-refractivity contribution is 0.306. The molecule has 0 aromatic heterocycles. The summed E-state index contributed by atoms with van der Waals surface area (Å²) in [6.45, 7) is 0.391. The first kappa shape index (κ1) is 24.7. The molecule has 1 N–H and O–H groups in total. The van der Waals surface area contributed by atoms with Crippen LogP contribution in [0, 0.1) is 5.92 Å². The Labute approximate surface area is 239 Å². The normalized spacial score (nSPS) is 19.4. The molecule has 2 aliphatic rings. The Morgan fingerprint density at radius 1 is 0.850 bits per heavy atom. The minimum atomic E-state index is 0.274. The molecular weight excluding hydrogens is 512 g/mol. The Balaban J connectivity index is 1.16. The third kappa shape index (κ3) is 4.67. The van der Waals surface area contributed by atoms with E-state index in [0.717, 1.165) is 39.8 Å². The van der Waals surface area contributed by atoms with Gasteiger partial charge in [0.25, 0.3) is 0 Å². The van der Waals surface area contributed by atoms with Crippen molar-refractivity contribution in [3.8, 4) is 5.75 Å². The van der Waals surface area contributed by atoms with Crippen molar-refractivity contribution in [3.05, 3.63) is 149 Å². The fourth-order valence-electron chi connectivity index (χ4n) is 6.09. The van der Waals surface area contributed by atoms with Gasteiger partial charge in [-0.1, -0.05) is 103 Å². The van der Waals surface area contributed by atoms with Gasteiger partial charge in [0.2, 0.25) is 0 Å². The van der Waals surface area contributed by atoms with Gasteiger partial charge in [-0.2, -0.15) is 0 Å². The summed E-state index contributed by atoms with van der Waals surface area (Å²) in [5.41, 5.74) is 6.75. The Hall–Kier alpha value is -4.34. The van der Waals surface area contributed by atoms with Crippen LogP contribution in [-0.4, -0.2) is 6.21 Å². The molecule has 0 unspecified atom stereocenters. The van der Waals surface area contributed by atoms with E-state index in [1.807, 2.05) is 48.7 Å². The molecule has 0 amide bonds. The lowest BCUT2D eigenvalue weighted by atomic mass is 9.77. The number of aliphatic imine (C=N–C) groups is 1. The molecule has 7 rings (SSSR count).